The first kappa shape index (κ1) is 64.0. The maximum atomic E-state index is 12.8. The number of ether oxygens (including phenoxy) is 3. The molecule has 69 heavy (non-hydrogen) atoms. The van der Waals surface area contributed by atoms with Gasteiger partial charge in [-0.15, -0.1) is 0 Å². The molecule has 0 saturated heterocycles. The number of esters is 3. The third kappa shape index (κ3) is 53.8. The summed E-state index contributed by atoms with van der Waals surface area (Å²) in [5.74, 6) is -1.05. The van der Waals surface area contributed by atoms with E-state index in [1.54, 1.807) is 0 Å². The van der Waals surface area contributed by atoms with Gasteiger partial charge in [-0.3, -0.25) is 14.4 Å². The van der Waals surface area contributed by atoms with Crippen LogP contribution in [0.1, 0.15) is 201 Å². The number of unbranched alkanes of at least 4 members (excludes halogenated alkanes) is 9. The molecule has 6 nitrogen and oxygen atoms in total. The Morgan fingerprint density at radius 3 is 0.884 bits per heavy atom. The number of hydrogen-bond donors (Lipinski definition) is 0. The van der Waals surface area contributed by atoms with Crippen LogP contribution in [0.3, 0.4) is 0 Å². The molecule has 0 bridgehead atoms. The molecule has 0 aromatic heterocycles. The van der Waals surface area contributed by atoms with Crippen LogP contribution in [0.15, 0.2) is 158 Å². The number of carbonyl (C=O) groups is 3. The van der Waals surface area contributed by atoms with Crippen LogP contribution in [-0.4, -0.2) is 37.2 Å². The molecule has 0 unspecified atom stereocenters. The highest BCUT2D eigenvalue weighted by atomic mass is 16.6. The molecule has 0 rings (SSSR count). The minimum atomic E-state index is -0.832. The molecule has 0 aromatic carbocycles. The molecule has 0 amide bonds. The second-order valence-electron chi connectivity index (χ2n) is 17.0. The Morgan fingerprint density at radius 1 is 0.290 bits per heavy atom. The van der Waals surface area contributed by atoms with E-state index in [0.717, 1.165) is 154 Å². The summed E-state index contributed by atoms with van der Waals surface area (Å²) in [5, 5.41) is 0. The topological polar surface area (TPSA) is 78.9 Å². The molecule has 0 saturated carbocycles. The lowest BCUT2D eigenvalue weighted by Crippen LogP contribution is -2.30. The second kappa shape index (κ2) is 55.6. The molecule has 1 atom stereocenters. The second-order valence-corrected chi connectivity index (χ2v) is 17.0. The number of hydrogen-bond acceptors (Lipinski definition) is 6. The summed E-state index contributed by atoms with van der Waals surface area (Å²) in [7, 11) is 0. The Morgan fingerprint density at radius 2 is 0.536 bits per heavy atom. The van der Waals surface area contributed by atoms with Gasteiger partial charge >= 0.3 is 17.9 Å². The molecule has 0 aromatic rings. The van der Waals surface area contributed by atoms with Gasteiger partial charge in [0.2, 0.25) is 0 Å². The largest absolute Gasteiger partial charge is 0.462 e. The van der Waals surface area contributed by atoms with Crippen LogP contribution in [0.5, 0.6) is 0 Å². The summed E-state index contributed by atoms with van der Waals surface area (Å²) in [6.45, 7) is 6.18. The summed E-state index contributed by atoms with van der Waals surface area (Å²) >= 11 is 0. The summed E-state index contributed by atoms with van der Waals surface area (Å²) in [6, 6.07) is 0. The molecule has 6 heteroatoms. The zero-order valence-electron chi connectivity index (χ0n) is 43.8. The van der Waals surface area contributed by atoms with E-state index in [4.69, 9.17) is 14.2 Å². The van der Waals surface area contributed by atoms with E-state index in [9.17, 15) is 14.4 Å². The highest BCUT2D eigenvalue weighted by molar-refractivity contribution is 5.71. The lowest BCUT2D eigenvalue weighted by Gasteiger charge is -2.18. The molecule has 0 heterocycles. The van der Waals surface area contributed by atoms with Crippen molar-refractivity contribution in [3.63, 3.8) is 0 Å². The summed E-state index contributed by atoms with van der Waals surface area (Å²) in [4.78, 5) is 38.1. The van der Waals surface area contributed by atoms with E-state index in [1.807, 2.05) is 0 Å². The minimum Gasteiger partial charge on any atom is -0.462 e. The van der Waals surface area contributed by atoms with Crippen molar-refractivity contribution in [2.45, 2.75) is 207 Å². The van der Waals surface area contributed by atoms with Crippen molar-refractivity contribution in [2.24, 2.45) is 0 Å². The number of allylic oxidation sites excluding steroid dienone is 26. The molecule has 0 spiro atoms. The zero-order valence-corrected chi connectivity index (χ0v) is 43.8. The van der Waals surface area contributed by atoms with Gasteiger partial charge in [-0.2, -0.15) is 0 Å². The molecular weight excluding hydrogens is 853 g/mol. The maximum absolute atomic E-state index is 12.8. The molecule has 0 radical (unpaired) electrons. The fourth-order valence-electron chi connectivity index (χ4n) is 6.58. The predicted octanol–water partition coefficient (Wildman–Crippen LogP) is 18.2. The zero-order chi connectivity index (χ0) is 50.0. The van der Waals surface area contributed by atoms with Gasteiger partial charge in [-0.1, -0.05) is 204 Å². The van der Waals surface area contributed by atoms with Gasteiger partial charge < -0.3 is 14.2 Å². The molecule has 0 aliphatic heterocycles. The van der Waals surface area contributed by atoms with E-state index in [-0.39, 0.29) is 44.0 Å². The molecule has 384 valence electrons. The van der Waals surface area contributed by atoms with Gasteiger partial charge in [0, 0.05) is 19.3 Å². The smallest absolute Gasteiger partial charge is 0.306 e. The standard InChI is InChI=1S/C63H96O6/c1-4-7-10-13-16-19-22-25-28-30-31-33-36-38-41-44-47-50-53-56-62(65)68-59-60(69-63(66)57-54-51-48-45-42-39-34-27-24-21-18-15-12-9-6-3)58-67-61(64)55-52-49-46-43-40-37-35-32-29-26-23-20-17-14-11-8-5-2/h7-12,16-21,25-29,31,33-35,37-38,41,43,46,60H,4-6,13-15,22-24,30,32,36,39-40,42,44-45,47-59H2,1-3H3/t60-/m1/s1. The Hall–Kier alpha value is -4.97. The maximum Gasteiger partial charge on any atom is 0.306 e. The summed E-state index contributed by atoms with van der Waals surface area (Å²) in [5.41, 5.74) is 0. The van der Waals surface area contributed by atoms with Crippen molar-refractivity contribution in [3.8, 4) is 0 Å². The SMILES string of the molecule is CCC=CCC=CCC=CCC=CCC=CCCCCCC(=O)OC[C@@H](COC(=O)CCCC=CCC=CCC=CCC=CCC=CCC)OC(=O)CCCCCCCC=CCC=CCC=CCC. The lowest BCUT2D eigenvalue weighted by atomic mass is 10.1. The quantitative estimate of drug-likeness (QED) is 0.0262. The van der Waals surface area contributed by atoms with Crippen molar-refractivity contribution in [2.75, 3.05) is 13.2 Å². The van der Waals surface area contributed by atoms with Crippen LogP contribution in [0, 0.1) is 0 Å². The van der Waals surface area contributed by atoms with E-state index < -0.39 is 6.10 Å². The van der Waals surface area contributed by atoms with Gasteiger partial charge in [0.1, 0.15) is 13.2 Å². The third-order valence-electron chi connectivity index (χ3n) is 10.5. The van der Waals surface area contributed by atoms with Crippen LogP contribution >= 0.6 is 0 Å². The van der Waals surface area contributed by atoms with Crippen molar-refractivity contribution in [3.05, 3.63) is 158 Å². The highest BCUT2D eigenvalue weighted by Gasteiger charge is 2.19. The monoisotopic (exact) mass is 949 g/mol. The normalized spacial score (nSPS) is 13.4. The molecule has 0 aliphatic rings. The van der Waals surface area contributed by atoms with E-state index >= 15 is 0 Å². The fourth-order valence-corrected chi connectivity index (χ4v) is 6.58. The Bertz CT molecular complexity index is 1610. The van der Waals surface area contributed by atoms with Gasteiger partial charge in [0.15, 0.2) is 6.10 Å². The molecule has 0 N–H and O–H groups in total. The Balaban J connectivity index is 4.60. The summed E-state index contributed by atoms with van der Waals surface area (Å²) in [6.07, 6.45) is 80.9. The Kier molecular flexibility index (Phi) is 51.6. The molecule has 0 aliphatic carbocycles. The number of carbonyl (C=O) groups excluding carboxylic acids is 3. The van der Waals surface area contributed by atoms with Crippen molar-refractivity contribution in [1.29, 1.82) is 0 Å². The lowest BCUT2D eigenvalue weighted by molar-refractivity contribution is -0.167. The molecular formula is C63H96O6. The van der Waals surface area contributed by atoms with Crippen LogP contribution in [-0.2, 0) is 28.6 Å². The first-order valence-electron chi connectivity index (χ1n) is 27.0. The van der Waals surface area contributed by atoms with Gasteiger partial charge in [-0.05, 0) is 135 Å². The van der Waals surface area contributed by atoms with Crippen LogP contribution in [0.4, 0.5) is 0 Å². The van der Waals surface area contributed by atoms with Crippen LogP contribution in [0.2, 0.25) is 0 Å². The average Bonchev–Trinajstić information content (AvgIpc) is 3.35. The fraction of sp³-hybridized carbons (Fsp3) is 0.540. The first-order chi connectivity index (χ1) is 34.0. The van der Waals surface area contributed by atoms with E-state index in [2.05, 4.69) is 179 Å². The highest BCUT2D eigenvalue weighted by Crippen LogP contribution is 2.12. The van der Waals surface area contributed by atoms with Gasteiger partial charge in [0.25, 0.3) is 0 Å². The third-order valence-corrected chi connectivity index (χ3v) is 10.5. The van der Waals surface area contributed by atoms with Gasteiger partial charge in [0.05, 0.1) is 0 Å². The molecule has 0 fully saturated rings. The Labute approximate surface area is 422 Å². The van der Waals surface area contributed by atoms with Crippen LogP contribution in [0.25, 0.3) is 0 Å². The number of rotatable bonds is 46. The summed E-state index contributed by atoms with van der Waals surface area (Å²) < 4.78 is 16.7. The predicted molar refractivity (Wildman–Crippen MR) is 297 cm³/mol. The van der Waals surface area contributed by atoms with E-state index in [1.165, 1.54) is 0 Å². The van der Waals surface area contributed by atoms with E-state index in [0.29, 0.717) is 12.8 Å². The minimum absolute atomic E-state index is 0.128. The van der Waals surface area contributed by atoms with Crippen molar-refractivity contribution >= 4 is 17.9 Å². The van der Waals surface area contributed by atoms with Crippen molar-refractivity contribution in [1.82, 2.24) is 0 Å². The average molecular weight is 949 g/mol. The van der Waals surface area contributed by atoms with Crippen molar-refractivity contribution < 1.29 is 28.6 Å². The first-order valence-corrected chi connectivity index (χ1v) is 27.0. The van der Waals surface area contributed by atoms with Crippen LogP contribution < -0.4 is 0 Å². The van der Waals surface area contributed by atoms with Gasteiger partial charge in [-0.25, -0.2) is 0 Å².